The summed E-state index contributed by atoms with van der Waals surface area (Å²) in [5.41, 5.74) is 9.92. The lowest BCUT2D eigenvalue weighted by molar-refractivity contribution is 0.0296. The van der Waals surface area contributed by atoms with E-state index < -0.39 is 5.60 Å². The molecule has 6 rings (SSSR count). The molecule has 226 valence electrons. The highest BCUT2D eigenvalue weighted by Crippen LogP contribution is 2.47. The Morgan fingerprint density at radius 1 is 1.05 bits per heavy atom. The number of ether oxygens (including phenoxy) is 1. The van der Waals surface area contributed by atoms with Crippen molar-refractivity contribution in [2.75, 3.05) is 20.3 Å². The number of pyridine rings is 1. The monoisotopic (exact) mass is 575 g/mol. The molecule has 0 radical (unpaired) electrons. The summed E-state index contributed by atoms with van der Waals surface area (Å²) in [7, 11) is 1.75. The Hall–Kier alpha value is -3.46. The number of aliphatic hydroxyl groups is 1. The molecular formula is C34H46FN5O2. The van der Waals surface area contributed by atoms with Crippen LogP contribution in [0.4, 0.5) is 4.39 Å². The van der Waals surface area contributed by atoms with E-state index in [-0.39, 0.29) is 11.7 Å². The van der Waals surface area contributed by atoms with E-state index in [1.165, 1.54) is 11.1 Å². The van der Waals surface area contributed by atoms with Crippen LogP contribution in [0.5, 0.6) is 0 Å². The van der Waals surface area contributed by atoms with Gasteiger partial charge >= 0.3 is 0 Å². The Morgan fingerprint density at radius 2 is 1.64 bits per heavy atom. The lowest BCUT2D eigenvalue weighted by Crippen LogP contribution is -2.26. The summed E-state index contributed by atoms with van der Waals surface area (Å²) in [4.78, 5) is 4.74. The first-order valence-corrected chi connectivity index (χ1v) is 15.1. The van der Waals surface area contributed by atoms with Crippen LogP contribution in [0.1, 0.15) is 64.5 Å². The number of aromatic nitrogens is 2. The van der Waals surface area contributed by atoms with Crippen LogP contribution in [0.15, 0.2) is 66.5 Å². The number of fused-ring (bicyclic) bond motifs is 3. The van der Waals surface area contributed by atoms with Gasteiger partial charge < -0.3 is 25.2 Å². The molecule has 1 aliphatic heterocycles. The molecule has 2 aromatic heterocycles. The van der Waals surface area contributed by atoms with Crippen molar-refractivity contribution in [3.63, 3.8) is 0 Å². The molecule has 1 saturated carbocycles. The summed E-state index contributed by atoms with van der Waals surface area (Å²) in [5.74, 6) is 6.22. The first-order valence-electron chi connectivity index (χ1n) is 15.1. The zero-order valence-corrected chi connectivity index (χ0v) is 25.6. The SMILES string of the molecule is C/C(N)=C(\c1cnc2c3cc(F)c(C(C)(O)C4CC4)cc3n(CC3CCOCC3)c2c1)N(C)N.CC.c1ccccc1. The maximum atomic E-state index is 15.4. The predicted molar refractivity (Wildman–Crippen MR) is 170 cm³/mol. The number of hydrazine groups is 1. The number of hydrogen-bond acceptors (Lipinski definition) is 6. The normalized spacial score (nSPS) is 17.4. The molecule has 3 heterocycles. The minimum Gasteiger partial charge on any atom is -0.401 e. The van der Waals surface area contributed by atoms with Gasteiger partial charge in [0.1, 0.15) is 5.82 Å². The maximum Gasteiger partial charge on any atom is 0.130 e. The van der Waals surface area contributed by atoms with E-state index in [4.69, 9.17) is 21.3 Å². The Labute approximate surface area is 248 Å². The molecular weight excluding hydrogens is 529 g/mol. The topological polar surface area (TPSA) is 103 Å². The highest BCUT2D eigenvalue weighted by atomic mass is 19.1. The van der Waals surface area contributed by atoms with Crippen LogP contribution in [0.2, 0.25) is 0 Å². The van der Waals surface area contributed by atoms with Gasteiger partial charge in [0.25, 0.3) is 0 Å². The zero-order valence-electron chi connectivity index (χ0n) is 25.6. The van der Waals surface area contributed by atoms with Crippen molar-refractivity contribution in [3.8, 4) is 0 Å². The van der Waals surface area contributed by atoms with E-state index in [9.17, 15) is 5.11 Å². The smallest absolute Gasteiger partial charge is 0.130 e. The molecule has 1 aliphatic carbocycles. The van der Waals surface area contributed by atoms with Crippen LogP contribution in [0.25, 0.3) is 27.6 Å². The van der Waals surface area contributed by atoms with Gasteiger partial charge in [-0.25, -0.2) is 10.2 Å². The average Bonchev–Trinajstić information content (AvgIpc) is 3.81. The molecule has 0 amide bonds. The predicted octanol–water partition coefficient (Wildman–Crippen LogP) is 6.54. The quantitative estimate of drug-likeness (QED) is 0.178. The second kappa shape index (κ2) is 13.7. The molecule has 1 saturated heterocycles. The van der Waals surface area contributed by atoms with E-state index in [0.717, 1.165) is 72.9 Å². The van der Waals surface area contributed by atoms with Crippen LogP contribution in [0.3, 0.4) is 0 Å². The maximum absolute atomic E-state index is 15.4. The van der Waals surface area contributed by atoms with Crippen LogP contribution in [0, 0.1) is 17.7 Å². The standard InChI is InChI=1S/C26H34FN5O2.C6H6.C2H6/c1-15(28)25(31(3)29)17-10-23-24(30-13-17)19-11-21(27)20(26(2,33)18-4-5-18)12-22(19)32(23)14-16-6-8-34-9-7-16;1-2-4-6-5-3-1;1-2/h10-13,16,18,33H,4-9,14,28-29H2,1-3H3;1-6H;1-2H3/b25-15-;;. The second-order valence-corrected chi connectivity index (χ2v) is 11.3. The molecule has 8 heteroatoms. The van der Waals surface area contributed by atoms with E-state index in [2.05, 4.69) is 4.57 Å². The number of hydrogen-bond donors (Lipinski definition) is 3. The van der Waals surface area contributed by atoms with Gasteiger partial charge in [0.2, 0.25) is 0 Å². The fraction of sp³-hybridized carbons (Fsp3) is 0.441. The van der Waals surface area contributed by atoms with Gasteiger partial charge in [-0.3, -0.25) is 4.98 Å². The van der Waals surface area contributed by atoms with Crippen molar-refractivity contribution in [2.24, 2.45) is 23.4 Å². The fourth-order valence-corrected chi connectivity index (χ4v) is 5.83. The van der Waals surface area contributed by atoms with Crippen molar-refractivity contribution >= 4 is 27.6 Å². The average molecular weight is 576 g/mol. The van der Waals surface area contributed by atoms with Crippen LogP contribution >= 0.6 is 0 Å². The zero-order chi connectivity index (χ0) is 30.4. The minimum atomic E-state index is -1.19. The van der Waals surface area contributed by atoms with Crippen molar-refractivity contribution in [2.45, 2.75) is 65.5 Å². The van der Waals surface area contributed by atoms with Crippen molar-refractivity contribution in [1.82, 2.24) is 14.6 Å². The molecule has 2 aromatic carbocycles. The molecule has 1 unspecified atom stereocenters. The van der Waals surface area contributed by atoms with Gasteiger partial charge in [0.15, 0.2) is 0 Å². The summed E-state index contributed by atoms with van der Waals surface area (Å²) in [6, 6.07) is 17.4. The van der Waals surface area contributed by atoms with Crippen LogP contribution in [-0.4, -0.2) is 39.9 Å². The van der Waals surface area contributed by atoms with Crippen molar-refractivity contribution in [1.29, 1.82) is 0 Å². The number of rotatable bonds is 6. The van der Waals surface area contributed by atoms with Crippen molar-refractivity contribution in [3.05, 3.63) is 83.4 Å². The number of halogens is 1. The van der Waals surface area contributed by atoms with E-state index >= 15 is 4.39 Å². The summed E-state index contributed by atoms with van der Waals surface area (Å²) >= 11 is 0. The highest BCUT2D eigenvalue weighted by Gasteiger charge is 2.43. The molecule has 2 fully saturated rings. The van der Waals surface area contributed by atoms with Gasteiger partial charge in [-0.15, -0.1) is 0 Å². The van der Waals surface area contributed by atoms with Gasteiger partial charge in [-0.1, -0.05) is 50.2 Å². The molecule has 1 atom stereocenters. The third-order valence-corrected chi connectivity index (χ3v) is 8.16. The molecule has 4 aromatic rings. The summed E-state index contributed by atoms with van der Waals surface area (Å²) in [5, 5.41) is 13.4. The number of benzene rings is 2. The van der Waals surface area contributed by atoms with Gasteiger partial charge in [-0.2, -0.15) is 0 Å². The summed E-state index contributed by atoms with van der Waals surface area (Å²) in [6.45, 7) is 9.80. The van der Waals surface area contributed by atoms with Gasteiger partial charge in [0, 0.05) is 55.2 Å². The summed E-state index contributed by atoms with van der Waals surface area (Å²) < 4.78 is 23.1. The van der Waals surface area contributed by atoms with E-state index in [1.54, 1.807) is 20.2 Å². The molecule has 42 heavy (non-hydrogen) atoms. The largest absolute Gasteiger partial charge is 0.401 e. The number of allylic oxidation sites excluding steroid dienone is 1. The van der Waals surface area contributed by atoms with Crippen molar-refractivity contribution < 1.29 is 14.2 Å². The summed E-state index contributed by atoms with van der Waals surface area (Å²) in [6.07, 6.45) is 5.52. The Morgan fingerprint density at radius 3 is 2.17 bits per heavy atom. The van der Waals surface area contributed by atoms with E-state index in [0.29, 0.717) is 22.9 Å². The highest BCUT2D eigenvalue weighted by molar-refractivity contribution is 6.06. The van der Waals surface area contributed by atoms with Gasteiger partial charge in [0.05, 0.1) is 27.8 Å². The number of nitrogens with two attached hydrogens (primary N) is 2. The second-order valence-electron chi connectivity index (χ2n) is 11.3. The molecule has 0 spiro atoms. The Balaban J connectivity index is 0.000000445. The Kier molecular flexibility index (Phi) is 10.2. The van der Waals surface area contributed by atoms with Gasteiger partial charge in [-0.05, 0) is 69.6 Å². The lowest BCUT2D eigenvalue weighted by atomic mass is 9.89. The minimum absolute atomic E-state index is 0.0952. The third-order valence-electron chi connectivity index (χ3n) is 8.16. The fourth-order valence-electron chi connectivity index (χ4n) is 5.83. The number of nitrogens with zero attached hydrogens (tertiary/aromatic N) is 3. The first kappa shape index (κ1) is 31.5. The molecule has 7 nitrogen and oxygen atoms in total. The molecule has 0 bridgehead atoms. The lowest BCUT2D eigenvalue weighted by Gasteiger charge is -2.25. The van der Waals surface area contributed by atoms with Crippen LogP contribution < -0.4 is 11.6 Å². The third kappa shape index (κ3) is 6.77. The molecule has 5 N–H and O–H groups in total. The Bertz CT molecular complexity index is 1470. The first-order chi connectivity index (χ1) is 20.2. The van der Waals surface area contributed by atoms with Crippen LogP contribution in [-0.2, 0) is 16.9 Å². The molecule has 2 aliphatic rings. The van der Waals surface area contributed by atoms with E-state index in [1.807, 2.05) is 69.3 Å².